The van der Waals surface area contributed by atoms with Gasteiger partial charge in [0, 0.05) is 44.0 Å². The number of likely N-dealkylation sites (tertiary alicyclic amines) is 1. The summed E-state index contributed by atoms with van der Waals surface area (Å²) in [7, 11) is 0. The Kier molecular flexibility index (Phi) is 6.69. The highest BCUT2D eigenvalue weighted by molar-refractivity contribution is 9.10. The Morgan fingerprint density at radius 3 is 2.85 bits per heavy atom. The standard InChI is InChI=1S/C26H29BrN6/c1-19(21-8-3-2-4-9-21)17-32-12-6-10-22(18-32)24-13-25(29-15-20-7-5-11-28-14-20)33-26(31-24)23(27)16-30-33/h2-5,7-9,11,13-14,16,19,22,29H,6,10,12,15,17-18H2,1H3. The van der Waals surface area contributed by atoms with E-state index in [0.717, 1.165) is 53.3 Å². The minimum absolute atomic E-state index is 0.410. The number of rotatable bonds is 7. The quantitative estimate of drug-likeness (QED) is 0.361. The smallest absolute Gasteiger partial charge is 0.171 e. The van der Waals surface area contributed by atoms with Crippen molar-refractivity contribution in [3.05, 3.63) is 88.4 Å². The zero-order valence-corrected chi connectivity index (χ0v) is 20.4. The van der Waals surface area contributed by atoms with Gasteiger partial charge < -0.3 is 10.2 Å². The van der Waals surface area contributed by atoms with E-state index in [4.69, 9.17) is 4.98 Å². The molecule has 5 rings (SSSR count). The molecule has 4 aromatic rings. The molecule has 0 radical (unpaired) electrons. The van der Waals surface area contributed by atoms with E-state index in [9.17, 15) is 0 Å². The van der Waals surface area contributed by atoms with Gasteiger partial charge in [-0.05, 0) is 58.4 Å². The molecule has 6 nitrogen and oxygen atoms in total. The Morgan fingerprint density at radius 2 is 2.03 bits per heavy atom. The number of benzene rings is 1. The first-order chi connectivity index (χ1) is 16.2. The Balaban J connectivity index is 1.35. The summed E-state index contributed by atoms with van der Waals surface area (Å²) in [5.41, 5.74) is 4.53. The molecule has 3 aromatic heterocycles. The van der Waals surface area contributed by atoms with Gasteiger partial charge in [0.05, 0.1) is 16.4 Å². The lowest BCUT2D eigenvalue weighted by Gasteiger charge is -2.34. The first-order valence-electron chi connectivity index (χ1n) is 11.6. The fraction of sp³-hybridized carbons (Fsp3) is 0.346. The van der Waals surface area contributed by atoms with Crippen LogP contribution in [0.2, 0.25) is 0 Å². The number of piperidine rings is 1. The summed E-state index contributed by atoms with van der Waals surface area (Å²) < 4.78 is 2.79. The van der Waals surface area contributed by atoms with Gasteiger partial charge in [0.15, 0.2) is 5.65 Å². The van der Waals surface area contributed by atoms with Crippen LogP contribution in [-0.2, 0) is 6.54 Å². The second-order valence-corrected chi connectivity index (χ2v) is 9.77. The first-order valence-corrected chi connectivity index (χ1v) is 12.4. The average Bonchev–Trinajstić information content (AvgIpc) is 3.24. The molecule has 0 amide bonds. The summed E-state index contributed by atoms with van der Waals surface area (Å²) in [5.74, 6) is 1.88. The predicted molar refractivity (Wildman–Crippen MR) is 136 cm³/mol. The zero-order valence-electron chi connectivity index (χ0n) is 18.9. The molecule has 2 unspecified atom stereocenters. The predicted octanol–water partition coefficient (Wildman–Crippen LogP) is 5.48. The fourth-order valence-electron chi connectivity index (χ4n) is 4.72. The van der Waals surface area contributed by atoms with E-state index in [0.29, 0.717) is 18.4 Å². The molecule has 1 aliphatic rings. The minimum atomic E-state index is 0.410. The maximum Gasteiger partial charge on any atom is 0.171 e. The van der Waals surface area contributed by atoms with Gasteiger partial charge in [0.25, 0.3) is 0 Å². The van der Waals surface area contributed by atoms with Crippen LogP contribution in [0.3, 0.4) is 0 Å². The lowest BCUT2D eigenvalue weighted by Crippen LogP contribution is -2.37. The Bertz CT molecular complexity index is 1190. The molecule has 1 aliphatic heterocycles. The van der Waals surface area contributed by atoms with Gasteiger partial charge in [0.2, 0.25) is 0 Å². The normalized spacial score (nSPS) is 17.8. The van der Waals surface area contributed by atoms with Gasteiger partial charge >= 0.3 is 0 Å². The van der Waals surface area contributed by atoms with Gasteiger partial charge in [-0.15, -0.1) is 0 Å². The highest BCUT2D eigenvalue weighted by atomic mass is 79.9. The van der Waals surface area contributed by atoms with Crippen molar-refractivity contribution in [1.29, 1.82) is 0 Å². The van der Waals surface area contributed by atoms with E-state index in [2.05, 4.69) is 85.6 Å². The van der Waals surface area contributed by atoms with Crippen LogP contribution in [0.15, 0.2) is 71.6 Å². The molecule has 1 saturated heterocycles. The van der Waals surface area contributed by atoms with Crippen molar-refractivity contribution < 1.29 is 0 Å². The minimum Gasteiger partial charge on any atom is -0.366 e. The molecule has 1 fully saturated rings. The van der Waals surface area contributed by atoms with Crippen molar-refractivity contribution in [1.82, 2.24) is 24.5 Å². The van der Waals surface area contributed by atoms with E-state index < -0.39 is 0 Å². The van der Waals surface area contributed by atoms with Gasteiger partial charge in [-0.3, -0.25) is 4.98 Å². The van der Waals surface area contributed by atoms with Crippen molar-refractivity contribution >= 4 is 27.4 Å². The molecule has 1 aromatic carbocycles. The third-order valence-corrected chi connectivity index (χ3v) is 7.03. The summed E-state index contributed by atoms with van der Waals surface area (Å²) in [4.78, 5) is 11.8. The van der Waals surface area contributed by atoms with Crippen LogP contribution < -0.4 is 5.32 Å². The van der Waals surface area contributed by atoms with Gasteiger partial charge in [-0.1, -0.05) is 43.3 Å². The number of nitrogens with one attached hydrogen (secondary N) is 1. The SMILES string of the molecule is CC(CN1CCCC(c2cc(NCc3cccnc3)n3ncc(Br)c3n2)C1)c1ccccc1. The Labute approximate surface area is 203 Å². The third kappa shape index (κ3) is 5.09. The number of hydrogen-bond acceptors (Lipinski definition) is 5. The first kappa shape index (κ1) is 22.0. The van der Waals surface area contributed by atoms with Crippen LogP contribution in [0.4, 0.5) is 5.82 Å². The van der Waals surface area contributed by atoms with E-state index in [1.54, 1.807) is 6.20 Å². The average molecular weight is 505 g/mol. The summed E-state index contributed by atoms with van der Waals surface area (Å²) >= 11 is 3.63. The van der Waals surface area contributed by atoms with Crippen molar-refractivity contribution in [3.63, 3.8) is 0 Å². The summed E-state index contributed by atoms with van der Waals surface area (Å²) in [6.07, 6.45) is 7.85. The number of aromatic nitrogens is 4. The van der Waals surface area contributed by atoms with Gasteiger partial charge in [0.1, 0.15) is 5.82 Å². The van der Waals surface area contributed by atoms with Crippen molar-refractivity contribution in [2.75, 3.05) is 25.0 Å². The molecule has 7 heteroatoms. The van der Waals surface area contributed by atoms with E-state index in [-0.39, 0.29) is 0 Å². The maximum absolute atomic E-state index is 5.02. The van der Waals surface area contributed by atoms with Crippen LogP contribution in [0.25, 0.3) is 5.65 Å². The van der Waals surface area contributed by atoms with Crippen LogP contribution in [0, 0.1) is 0 Å². The van der Waals surface area contributed by atoms with E-state index in [1.165, 1.54) is 12.0 Å². The maximum atomic E-state index is 5.02. The molecule has 0 spiro atoms. The zero-order chi connectivity index (χ0) is 22.6. The molecular weight excluding hydrogens is 476 g/mol. The summed E-state index contributed by atoms with van der Waals surface area (Å²) in [5, 5.41) is 8.07. The molecule has 170 valence electrons. The largest absolute Gasteiger partial charge is 0.366 e. The topological polar surface area (TPSA) is 58.4 Å². The van der Waals surface area contributed by atoms with Crippen LogP contribution >= 0.6 is 15.9 Å². The third-order valence-electron chi connectivity index (χ3n) is 6.47. The molecule has 33 heavy (non-hydrogen) atoms. The summed E-state index contributed by atoms with van der Waals surface area (Å²) in [6, 6.07) is 17.0. The van der Waals surface area contributed by atoms with Gasteiger partial charge in [-0.25, -0.2) is 4.98 Å². The Morgan fingerprint density at radius 1 is 1.15 bits per heavy atom. The van der Waals surface area contributed by atoms with Crippen molar-refractivity contribution in [3.8, 4) is 0 Å². The molecule has 0 aliphatic carbocycles. The van der Waals surface area contributed by atoms with Crippen molar-refractivity contribution in [2.24, 2.45) is 0 Å². The molecule has 1 N–H and O–H groups in total. The highest BCUT2D eigenvalue weighted by Gasteiger charge is 2.25. The second-order valence-electron chi connectivity index (χ2n) is 8.92. The lowest BCUT2D eigenvalue weighted by molar-refractivity contribution is 0.197. The van der Waals surface area contributed by atoms with Gasteiger partial charge in [-0.2, -0.15) is 9.61 Å². The number of halogens is 1. The molecule has 4 heterocycles. The highest BCUT2D eigenvalue weighted by Crippen LogP contribution is 2.31. The monoisotopic (exact) mass is 504 g/mol. The molecule has 2 atom stereocenters. The molecular formula is C26H29BrN6. The number of nitrogens with zero attached hydrogens (tertiary/aromatic N) is 5. The Hall–Kier alpha value is -2.77. The van der Waals surface area contributed by atoms with Crippen molar-refractivity contribution in [2.45, 2.75) is 38.1 Å². The van der Waals surface area contributed by atoms with E-state index >= 15 is 0 Å². The number of pyridine rings is 1. The van der Waals surface area contributed by atoms with Crippen LogP contribution in [0.1, 0.15) is 48.4 Å². The summed E-state index contributed by atoms with van der Waals surface area (Å²) in [6.45, 7) is 6.28. The molecule has 0 saturated carbocycles. The van der Waals surface area contributed by atoms with Crippen LogP contribution in [-0.4, -0.2) is 44.1 Å². The fourth-order valence-corrected chi connectivity index (χ4v) is 5.07. The number of anilines is 1. The second kappa shape index (κ2) is 10.0. The molecule has 0 bridgehead atoms. The van der Waals surface area contributed by atoms with E-state index in [1.807, 2.05) is 23.0 Å². The number of hydrogen-bond donors (Lipinski definition) is 1. The van der Waals surface area contributed by atoms with Crippen LogP contribution in [0.5, 0.6) is 0 Å². The number of fused-ring (bicyclic) bond motifs is 1. The lowest BCUT2D eigenvalue weighted by atomic mass is 9.92.